The lowest BCUT2D eigenvalue weighted by atomic mass is 9.98. The molecule has 0 saturated carbocycles. The molecule has 14 nitrogen and oxygen atoms in total. The largest absolute Gasteiger partial charge is 0.457 e. The highest BCUT2D eigenvalue weighted by Gasteiger charge is 2.47. The van der Waals surface area contributed by atoms with Gasteiger partial charge < -0.3 is 64.2 Å². The Bertz CT molecular complexity index is 1610. The summed E-state index contributed by atoms with van der Waals surface area (Å²) in [4.78, 5) is 13.1. The van der Waals surface area contributed by atoms with Crippen molar-refractivity contribution in [2.24, 2.45) is 0 Å². The first kappa shape index (κ1) is 74.5. The van der Waals surface area contributed by atoms with Gasteiger partial charge in [-0.2, -0.15) is 0 Å². The molecular formula is C67H118O14. The molecule has 2 rings (SSSR count). The second kappa shape index (κ2) is 52.9. The van der Waals surface area contributed by atoms with E-state index >= 15 is 0 Å². The van der Waals surface area contributed by atoms with E-state index in [1.807, 2.05) is 0 Å². The standard InChI is InChI=1S/C67H118O14/c1-3-5-7-9-11-13-15-17-19-21-23-25-26-27-28-29-31-33-35-37-39-41-43-45-47-49-51-76-53-56(54-77-66-65(75)63(73)61(71)58(81-66)55-78-67-64(74)62(72)60(70)57(52-68)80-67)79-59(69)50-48-46-44-42-40-38-36-34-32-30-24-22-20-18-16-14-12-10-8-6-4-2/h6,8,12,14,18,20,24,30,34,36,40,42,56-58,60-68,70-75H,3-5,7,9-11,13,15-17,19,21-23,25-29,31-33,35,37-39,41,43-55H2,1-2H3/b8-6-,14-12-,20-18-,30-24-,36-34-,42-40-. The molecule has 2 fully saturated rings. The summed E-state index contributed by atoms with van der Waals surface area (Å²) >= 11 is 0. The van der Waals surface area contributed by atoms with Gasteiger partial charge in [0.25, 0.3) is 0 Å². The highest BCUT2D eigenvalue weighted by Crippen LogP contribution is 2.27. The van der Waals surface area contributed by atoms with Crippen molar-refractivity contribution in [3.8, 4) is 0 Å². The minimum absolute atomic E-state index is 0.0430. The zero-order valence-electron chi connectivity index (χ0n) is 50.8. The van der Waals surface area contributed by atoms with E-state index in [1.54, 1.807) is 0 Å². The van der Waals surface area contributed by atoms with Crippen LogP contribution >= 0.6 is 0 Å². The first-order chi connectivity index (χ1) is 39.6. The molecule has 2 saturated heterocycles. The summed E-state index contributed by atoms with van der Waals surface area (Å²) < 4.78 is 34.4. The van der Waals surface area contributed by atoms with Gasteiger partial charge in [-0.15, -0.1) is 0 Å². The summed E-state index contributed by atoms with van der Waals surface area (Å²) in [5.74, 6) is -0.415. The number of unbranched alkanes of at least 4 members (excludes halogenated alkanes) is 27. The molecule has 0 radical (unpaired) electrons. The predicted molar refractivity (Wildman–Crippen MR) is 325 cm³/mol. The molecule has 7 N–H and O–H groups in total. The molecule has 0 spiro atoms. The van der Waals surface area contributed by atoms with E-state index in [0.29, 0.717) is 13.0 Å². The first-order valence-corrected chi connectivity index (χ1v) is 32.5. The lowest BCUT2D eigenvalue weighted by molar-refractivity contribution is -0.332. The van der Waals surface area contributed by atoms with Crippen molar-refractivity contribution in [2.75, 3.05) is 33.0 Å². The number of esters is 1. The lowest BCUT2D eigenvalue weighted by Gasteiger charge is -2.42. The quantitative estimate of drug-likeness (QED) is 0.0172. The van der Waals surface area contributed by atoms with Crippen molar-refractivity contribution < 1.29 is 69.0 Å². The van der Waals surface area contributed by atoms with Crippen LogP contribution in [0.2, 0.25) is 0 Å². The summed E-state index contributed by atoms with van der Waals surface area (Å²) in [6.45, 7) is 3.55. The fraction of sp³-hybridized carbons (Fsp3) is 0.806. The molecule has 11 unspecified atom stereocenters. The molecule has 0 aromatic heterocycles. The van der Waals surface area contributed by atoms with Crippen molar-refractivity contribution in [1.29, 1.82) is 0 Å². The van der Waals surface area contributed by atoms with Crippen LogP contribution < -0.4 is 0 Å². The Morgan fingerprint density at radius 3 is 1.23 bits per heavy atom. The van der Waals surface area contributed by atoms with Crippen molar-refractivity contribution in [3.05, 3.63) is 72.9 Å². The zero-order chi connectivity index (χ0) is 58.6. The molecule has 14 heteroatoms. The van der Waals surface area contributed by atoms with Gasteiger partial charge in [0, 0.05) is 13.0 Å². The topological polar surface area (TPSA) is 214 Å². The van der Waals surface area contributed by atoms with Gasteiger partial charge in [0.05, 0.1) is 26.4 Å². The van der Waals surface area contributed by atoms with Gasteiger partial charge in [0.2, 0.25) is 0 Å². The molecule has 2 aliphatic rings. The fourth-order valence-corrected chi connectivity index (χ4v) is 10.1. The molecule has 2 aliphatic heterocycles. The molecule has 11 atom stereocenters. The Labute approximate surface area is 491 Å². The third-order valence-electron chi connectivity index (χ3n) is 15.2. The van der Waals surface area contributed by atoms with Crippen LogP contribution in [0.25, 0.3) is 0 Å². The Morgan fingerprint density at radius 2 is 0.802 bits per heavy atom. The molecule has 0 aromatic rings. The number of aliphatic hydroxyl groups excluding tert-OH is 7. The summed E-state index contributed by atoms with van der Waals surface area (Å²) in [5.41, 5.74) is 0. The van der Waals surface area contributed by atoms with Crippen LogP contribution in [0.5, 0.6) is 0 Å². The summed E-state index contributed by atoms with van der Waals surface area (Å²) in [7, 11) is 0. The number of hydrogen-bond donors (Lipinski definition) is 7. The van der Waals surface area contributed by atoms with Gasteiger partial charge in [-0.25, -0.2) is 0 Å². The molecule has 0 bridgehead atoms. The van der Waals surface area contributed by atoms with E-state index in [-0.39, 0.29) is 19.6 Å². The van der Waals surface area contributed by atoms with E-state index in [1.165, 1.54) is 148 Å². The fourth-order valence-electron chi connectivity index (χ4n) is 10.1. The van der Waals surface area contributed by atoms with Crippen LogP contribution in [0.15, 0.2) is 72.9 Å². The average Bonchev–Trinajstić information content (AvgIpc) is 3.46. The number of hydrogen-bond acceptors (Lipinski definition) is 14. The van der Waals surface area contributed by atoms with Crippen LogP contribution in [0, 0.1) is 0 Å². The maximum Gasteiger partial charge on any atom is 0.306 e. The van der Waals surface area contributed by atoms with Crippen molar-refractivity contribution in [2.45, 2.75) is 313 Å². The minimum atomic E-state index is -1.72. The number of aliphatic hydroxyl groups is 7. The highest BCUT2D eigenvalue weighted by atomic mass is 16.7. The molecule has 2 heterocycles. The molecule has 470 valence electrons. The second-order valence-corrected chi connectivity index (χ2v) is 22.6. The van der Waals surface area contributed by atoms with E-state index < -0.39 is 86.7 Å². The molecule has 0 aromatic carbocycles. The van der Waals surface area contributed by atoms with Crippen LogP contribution in [-0.2, 0) is 33.2 Å². The minimum Gasteiger partial charge on any atom is -0.457 e. The zero-order valence-corrected chi connectivity index (χ0v) is 50.8. The number of rotatable bonds is 53. The van der Waals surface area contributed by atoms with Crippen LogP contribution in [-0.4, -0.2) is 142 Å². The summed E-state index contributed by atoms with van der Waals surface area (Å²) in [6.07, 6.45) is 52.7. The lowest BCUT2D eigenvalue weighted by Crippen LogP contribution is -2.61. The SMILES string of the molecule is CC/C=C\C/C=C\C/C=C\C/C=C\C/C=C\C/C=C\CCCCC(=O)OC(COCCCCCCCCCCCCCCCCCCCCCCCCCCCC)COC1OC(COC2OC(CO)C(O)C(O)C2O)C(O)C(O)C1O. The molecule has 0 amide bonds. The van der Waals surface area contributed by atoms with Crippen molar-refractivity contribution in [3.63, 3.8) is 0 Å². The van der Waals surface area contributed by atoms with Crippen LogP contribution in [0.3, 0.4) is 0 Å². The Balaban J connectivity index is 1.68. The summed E-state index contributed by atoms with van der Waals surface area (Å²) in [5, 5.41) is 72.5. The van der Waals surface area contributed by atoms with Gasteiger partial charge in [0.15, 0.2) is 12.6 Å². The summed E-state index contributed by atoms with van der Waals surface area (Å²) in [6, 6.07) is 0. The monoisotopic (exact) mass is 1150 g/mol. The third-order valence-corrected chi connectivity index (χ3v) is 15.2. The molecule has 0 aliphatic carbocycles. The van der Waals surface area contributed by atoms with E-state index in [2.05, 4.69) is 86.8 Å². The Kier molecular flexibility index (Phi) is 48.7. The van der Waals surface area contributed by atoms with Gasteiger partial charge in [-0.3, -0.25) is 4.79 Å². The second-order valence-electron chi connectivity index (χ2n) is 22.6. The number of ether oxygens (including phenoxy) is 6. The Morgan fingerprint density at radius 1 is 0.420 bits per heavy atom. The van der Waals surface area contributed by atoms with Crippen LogP contribution in [0.1, 0.15) is 245 Å². The van der Waals surface area contributed by atoms with Gasteiger partial charge in [0.1, 0.15) is 54.9 Å². The van der Waals surface area contributed by atoms with Crippen molar-refractivity contribution in [1.82, 2.24) is 0 Å². The predicted octanol–water partition coefficient (Wildman–Crippen LogP) is 13.0. The average molecular weight is 1150 g/mol. The Hall–Kier alpha value is -2.57. The van der Waals surface area contributed by atoms with Crippen molar-refractivity contribution >= 4 is 5.97 Å². The smallest absolute Gasteiger partial charge is 0.306 e. The van der Waals surface area contributed by atoms with E-state index in [9.17, 15) is 40.5 Å². The van der Waals surface area contributed by atoms with Gasteiger partial charge >= 0.3 is 5.97 Å². The maximum absolute atomic E-state index is 13.1. The van der Waals surface area contributed by atoms with Crippen LogP contribution in [0.4, 0.5) is 0 Å². The number of allylic oxidation sites excluding steroid dienone is 12. The van der Waals surface area contributed by atoms with E-state index in [0.717, 1.165) is 70.6 Å². The van der Waals surface area contributed by atoms with Gasteiger partial charge in [-0.1, -0.05) is 247 Å². The normalized spacial score (nSPS) is 24.2. The first-order valence-electron chi connectivity index (χ1n) is 32.5. The maximum atomic E-state index is 13.1. The number of carbonyl (C=O) groups excluding carboxylic acids is 1. The van der Waals surface area contributed by atoms with Gasteiger partial charge in [-0.05, 0) is 64.2 Å². The van der Waals surface area contributed by atoms with E-state index in [4.69, 9.17) is 28.4 Å². The molecule has 81 heavy (non-hydrogen) atoms. The number of carbonyl (C=O) groups is 1. The highest BCUT2D eigenvalue weighted by molar-refractivity contribution is 5.69. The molecular weight excluding hydrogens is 1030 g/mol. The third kappa shape index (κ3) is 38.9.